The summed E-state index contributed by atoms with van der Waals surface area (Å²) in [6.45, 7) is 2.52. The Morgan fingerprint density at radius 3 is 3.00 bits per heavy atom. The van der Waals surface area contributed by atoms with E-state index in [0.717, 1.165) is 12.8 Å². The number of amides is 2. The predicted octanol–water partition coefficient (Wildman–Crippen LogP) is 2.01. The molecule has 0 aliphatic rings. The highest BCUT2D eigenvalue weighted by Crippen LogP contribution is 2.17. The van der Waals surface area contributed by atoms with E-state index >= 15 is 0 Å². The highest BCUT2D eigenvalue weighted by Gasteiger charge is 2.03. The lowest BCUT2D eigenvalue weighted by Crippen LogP contribution is -2.24. The van der Waals surface area contributed by atoms with Crippen LogP contribution in [0.15, 0.2) is 23.3 Å². The van der Waals surface area contributed by atoms with Crippen LogP contribution in [0.2, 0.25) is 0 Å². The van der Waals surface area contributed by atoms with Crippen molar-refractivity contribution in [3.8, 4) is 5.75 Å². The molecule has 5 nitrogen and oxygen atoms in total. The molecule has 18 heavy (non-hydrogen) atoms. The highest BCUT2D eigenvalue weighted by molar-refractivity contribution is 5.81. The number of unbranched alkanes of at least 4 members (excludes halogenated alkanes) is 1. The van der Waals surface area contributed by atoms with Gasteiger partial charge in [-0.25, -0.2) is 14.6 Å². The Morgan fingerprint density at radius 2 is 2.39 bits per heavy atom. The summed E-state index contributed by atoms with van der Waals surface area (Å²) in [5, 5.41) is 3.53. The zero-order valence-electron chi connectivity index (χ0n) is 10.1. The van der Waals surface area contributed by atoms with E-state index in [1.165, 1.54) is 18.3 Å². The Kier molecular flexibility index (Phi) is 5.63. The van der Waals surface area contributed by atoms with Gasteiger partial charge in [-0.15, -0.1) is 0 Å². The Labute approximate surface area is 105 Å². The molecule has 1 aromatic rings. The molecule has 0 fully saturated rings. The van der Waals surface area contributed by atoms with Gasteiger partial charge in [0.15, 0.2) is 11.6 Å². The molecular formula is C12H16FN3O2. The third-order valence-corrected chi connectivity index (χ3v) is 2.10. The molecule has 0 saturated heterocycles. The summed E-state index contributed by atoms with van der Waals surface area (Å²) in [5.41, 5.74) is 7.35. The van der Waals surface area contributed by atoms with E-state index in [1.54, 1.807) is 6.07 Å². The van der Waals surface area contributed by atoms with Gasteiger partial charge in [0.2, 0.25) is 0 Å². The van der Waals surface area contributed by atoms with Crippen molar-refractivity contribution in [2.45, 2.75) is 19.8 Å². The fourth-order valence-electron chi connectivity index (χ4n) is 1.21. The monoisotopic (exact) mass is 253 g/mol. The summed E-state index contributed by atoms with van der Waals surface area (Å²) in [5.74, 6) is -0.252. The first kappa shape index (κ1) is 14.0. The zero-order chi connectivity index (χ0) is 13.4. The van der Waals surface area contributed by atoms with Gasteiger partial charge in [0, 0.05) is 0 Å². The number of ether oxygens (including phenoxy) is 1. The van der Waals surface area contributed by atoms with Gasteiger partial charge in [0.1, 0.15) is 0 Å². The molecule has 0 bridgehead atoms. The smallest absolute Gasteiger partial charge is 0.332 e. The second-order valence-electron chi connectivity index (χ2n) is 3.63. The van der Waals surface area contributed by atoms with Gasteiger partial charge >= 0.3 is 6.03 Å². The SMILES string of the molecule is CCCCOc1ccc(C=NNC(N)=O)cc1F. The molecule has 1 aromatic carbocycles. The van der Waals surface area contributed by atoms with Crippen molar-refractivity contribution < 1.29 is 13.9 Å². The molecule has 1 rings (SSSR count). The highest BCUT2D eigenvalue weighted by atomic mass is 19.1. The van der Waals surface area contributed by atoms with Gasteiger partial charge in [-0.2, -0.15) is 5.10 Å². The molecule has 0 aliphatic heterocycles. The fraction of sp³-hybridized carbons (Fsp3) is 0.333. The number of hydrogen-bond acceptors (Lipinski definition) is 3. The van der Waals surface area contributed by atoms with Gasteiger partial charge in [0.25, 0.3) is 0 Å². The second-order valence-corrected chi connectivity index (χ2v) is 3.63. The lowest BCUT2D eigenvalue weighted by molar-refractivity contribution is 0.249. The molecular weight excluding hydrogens is 237 g/mol. The fourth-order valence-corrected chi connectivity index (χ4v) is 1.21. The van der Waals surface area contributed by atoms with E-state index in [9.17, 15) is 9.18 Å². The van der Waals surface area contributed by atoms with Gasteiger partial charge in [-0.05, 0) is 30.2 Å². The van der Waals surface area contributed by atoms with Crippen molar-refractivity contribution >= 4 is 12.2 Å². The molecule has 0 spiro atoms. The van der Waals surface area contributed by atoms with Crippen LogP contribution in [0.5, 0.6) is 5.75 Å². The summed E-state index contributed by atoms with van der Waals surface area (Å²) in [4.78, 5) is 10.4. The van der Waals surface area contributed by atoms with Crippen LogP contribution < -0.4 is 15.9 Å². The minimum absolute atomic E-state index is 0.212. The normalized spacial score (nSPS) is 10.6. The number of hydrogen-bond donors (Lipinski definition) is 2. The number of carbonyl (C=O) groups excluding carboxylic acids is 1. The number of urea groups is 1. The van der Waals surface area contributed by atoms with Crippen molar-refractivity contribution in [3.05, 3.63) is 29.6 Å². The summed E-state index contributed by atoms with van der Waals surface area (Å²) in [6, 6.07) is 3.66. The third kappa shape index (κ3) is 4.82. The topological polar surface area (TPSA) is 76.7 Å². The number of rotatable bonds is 6. The van der Waals surface area contributed by atoms with Crippen LogP contribution >= 0.6 is 0 Å². The average Bonchev–Trinajstić information content (AvgIpc) is 2.31. The molecule has 0 radical (unpaired) electrons. The summed E-state index contributed by atoms with van der Waals surface area (Å²) in [6.07, 6.45) is 3.17. The lowest BCUT2D eigenvalue weighted by Gasteiger charge is -2.06. The van der Waals surface area contributed by atoms with E-state index in [2.05, 4.69) is 5.10 Å². The second kappa shape index (κ2) is 7.26. The molecule has 0 atom stereocenters. The predicted molar refractivity (Wildman–Crippen MR) is 67.1 cm³/mol. The van der Waals surface area contributed by atoms with Crippen LogP contribution in [-0.4, -0.2) is 18.9 Å². The van der Waals surface area contributed by atoms with Crippen molar-refractivity contribution in [1.82, 2.24) is 5.43 Å². The maximum absolute atomic E-state index is 13.6. The minimum Gasteiger partial charge on any atom is -0.491 e. The van der Waals surface area contributed by atoms with Crippen LogP contribution in [0.1, 0.15) is 25.3 Å². The molecule has 2 amide bonds. The van der Waals surface area contributed by atoms with E-state index < -0.39 is 11.8 Å². The number of halogens is 1. The quantitative estimate of drug-likeness (QED) is 0.462. The minimum atomic E-state index is -0.772. The molecule has 3 N–H and O–H groups in total. The lowest BCUT2D eigenvalue weighted by atomic mass is 10.2. The molecule has 0 aliphatic carbocycles. The average molecular weight is 253 g/mol. The zero-order valence-corrected chi connectivity index (χ0v) is 10.1. The van der Waals surface area contributed by atoms with Crippen LogP contribution in [0.3, 0.4) is 0 Å². The number of nitrogens with two attached hydrogens (primary N) is 1. The standard InChI is InChI=1S/C12H16FN3O2/c1-2-3-6-18-11-5-4-9(7-10(11)13)8-15-16-12(14)17/h4-5,7-8H,2-3,6H2,1H3,(H3,14,16,17). The van der Waals surface area contributed by atoms with Gasteiger partial charge in [-0.3, -0.25) is 0 Å². The van der Waals surface area contributed by atoms with E-state index in [1.807, 2.05) is 12.3 Å². The number of nitrogens with zero attached hydrogens (tertiary/aromatic N) is 1. The molecule has 0 saturated carbocycles. The first-order valence-corrected chi connectivity index (χ1v) is 5.64. The first-order valence-electron chi connectivity index (χ1n) is 5.64. The largest absolute Gasteiger partial charge is 0.491 e. The van der Waals surface area contributed by atoms with Crippen LogP contribution in [-0.2, 0) is 0 Å². The number of benzene rings is 1. The summed E-state index contributed by atoms with van der Waals surface area (Å²) < 4.78 is 18.8. The molecule has 6 heteroatoms. The molecule has 0 aromatic heterocycles. The number of carbonyl (C=O) groups is 1. The maximum atomic E-state index is 13.6. The maximum Gasteiger partial charge on any atom is 0.332 e. The van der Waals surface area contributed by atoms with E-state index in [4.69, 9.17) is 10.5 Å². The number of hydrazone groups is 1. The van der Waals surface area contributed by atoms with Crippen molar-refractivity contribution in [2.75, 3.05) is 6.61 Å². The van der Waals surface area contributed by atoms with Gasteiger partial charge in [-0.1, -0.05) is 13.3 Å². The molecule has 0 heterocycles. The van der Waals surface area contributed by atoms with Crippen LogP contribution in [0.4, 0.5) is 9.18 Å². The summed E-state index contributed by atoms with van der Waals surface area (Å²) >= 11 is 0. The van der Waals surface area contributed by atoms with Gasteiger partial charge in [0.05, 0.1) is 12.8 Å². The number of primary amides is 1. The molecule has 98 valence electrons. The van der Waals surface area contributed by atoms with Crippen LogP contribution in [0.25, 0.3) is 0 Å². The molecule has 0 unspecified atom stereocenters. The third-order valence-electron chi connectivity index (χ3n) is 2.10. The van der Waals surface area contributed by atoms with E-state index in [0.29, 0.717) is 12.2 Å². The Balaban J connectivity index is 2.61. The number of nitrogens with one attached hydrogen (secondary N) is 1. The Morgan fingerprint density at radius 1 is 1.61 bits per heavy atom. The van der Waals surface area contributed by atoms with Crippen molar-refractivity contribution in [3.63, 3.8) is 0 Å². The summed E-state index contributed by atoms with van der Waals surface area (Å²) in [7, 11) is 0. The van der Waals surface area contributed by atoms with Crippen LogP contribution in [0, 0.1) is 5.82 Å². The van der Waals surface area contributed by atoms with Crippen molar-refractivity contribution in [2.24, 2.45) is 10.8 Å². The van der Waals surface area contributed by atoms with E-state index in [-0.39, 0.29) is 5.75 Å². The Hall–Kier alpha value is -2.11. The van der Waals surface area contributed by atoms with Crippen molar-refractivity contribution in [1.29, 1.82) is 0 Å². The van der Waals surface area contributed by atoms with Gasteiger partial charge < -0.3 is 10.5 Å². The first-order chi connectivity index (χ1) is 8.63. The Bertz CT molecular complexity index is 435.